The number of esters is 2. The molecular weight excluding hydrogens is 508 g/mol. The SMILES string of the molecule is CCCCCCCCOc1ccc(C(=O)c2cc(C(=O)OC)cc(C(=O)OC)c2)cc1OCCCCCCCC. The standard InChI is InChI=1S/C33H46O7/c1-5-7-9-11-13-15-19-39-29-18-17-25(24-30(29)40-20-16-14-12-10-8-6-2)31(34)26-21-27(32(35)37-3)23-28(22-26)33(36)38-4/h17-18,21-24H,5-16,19-20H2,1-4H3. The van der Waals surface area contributed by atoms with Crippen molar-refractivity contribution in [2.75, 3.05) is 27.4 Å². The van der Waals surface area contributed by atoms with Crippen LogP contribution < -0.4 is 9.47 Å². The highest BCUT2D eigenvalue weighted by molar-refractivity contribution is 6.11. The van der Waals surface area contributed by atoms with Crippen molar-refractivity contribution in [1.82, 2.24) is 0 Å². The molecule has 0 N–H and O–H groups in total. The maximum atomic E-state index is 13.5. The van der Waals surface area contributed by atoms with Crippen molar-refractivity contribution in [3.63, 3.8) is 0 Å². The van der Waals surface area contributed by atoms with Crippen molar-refractivity contribution < 1.29 is 33.3 Å². The van der Waals surface area contributed by atoms with Gasteiger partial charge in [-0.15, -0.1) is 0 Å². The Morgan fingerprint density at radius 1 is 0.525 bits per heavy atom. The van der Waals surface area contributed by atoms with Gasteiger partial charge in [-0.3, -0.25) is 4.79 Å². The summed E-state index contributed by atoms with van der Waals surface area (Å²) in [5.74, 6) is -0.539. The van der Waals surface area contributed by atoms with Gasteiger partial charge in [0.1, 0.15) is 0 Å². The van der Waals surface area contributed by atoms with Crippen LogP contribution in [0, 0.1) is 0 Å². The average Bonchev–Trinajstić information content (AvgIpc) is 2.99. The average molecular weight is 555 g/mol. The van der Waals surface area contributed by atoms with E-state index >= 15 is 0 Å². The molecule has 0 heterocycles. The molecule has 0 spiro atoms. The fourth-order valence-corrected chi connectivity index (χ4v) is 4.41. The summed E-state index contributed by atoms with van der Waals surface area (Å²) >= 11 is 0. The van der Waals surface area contributed by atoms with Gasteiger partial charge in [0.05, 0.1) is 38.6 Å². The Hall–Kier alpha value is -3.35. The first-order valence-corrected chi connectivity index (χ1v) is 14.7. The van der Waals surface area contributed by atoms with Gasteiger partial charge in [0.15, 0.2) is 17.3 Å². The summed E-state index contributed by atoms with van der Waals surface area (Å²) in [5.41, 5.74) is 0.716. The van der Waals surface area contributed by atoms with Crippen LogP contribution in [0.2, 0.25) is 0 Å². The lowest BCUT2D eigenvalue weighted by molar-refractivity contribution is 0.0599. The molecule has 2 aromatic carbocycles. The minimum Gasteiger partial charge on any atom is -0.490 e. The number of ketones is 1. The molecule has 0 unspecified atom stereocenters. The smallest absolute Gasteiger partial charge is 0.337 e. The van der Waals surface area contributed by atoms with Crippen molar-refractivity contribution >= 4 is 17.7 Å². The highest BCUT2D eigenvalue weighted by Gasteiger charge is 2.19. The molecule has 0 radical (unpaired) electrons. The van der Waals surface area contributed by atoms with E-state index in [1.54, 1.807) is 18.2 Å². The molecule has 0 aliphatic carbocycles. The Balaban J connectivity index is 2.21. The number of rotatable bonds is 20. The lowest BCUT2D eigenvalue weighted by Gasteiger charge is -2.15. The van der Waals surface area contributed by atoms with Crippen LogP contribution >= 0.6 is 0 Å². The summed E-state index contributed by atoms with van der Waals surface area (Å²) in [5, 5.41) is 0. The van der Waals surface area contributed by atoms with E-state index in [0.29, 0.717) is 30.3 Å². The van der Waals surface area contributed by atoms with Crippen molar-refractivity contribution in [2.45, 2.75) is 90.9 Å². The first kappa shape index (κ1) is 32.9. The van der Waals surface area contributed by atoms with E-state index in [1.165, 1.54) is 83.8 Å². The van der Waals surface area contributed by atoms with E-state index in [9.17, 15) is 14.4 Å². The number of benzene rings is 2. The van der Waals surface area contributed by atoms with E-state index in [-0.39, 0.29) is 22.5 Å². The van der Waals surface area contributed by atoms with E-state index < -0.39 is 11.9 Å². The second-order valence-electron chi connectivity index (χ2n) is 10.0. The topological polar surface area (TPSA) is 88.1 Å². The Morgan fingerprint density at radius 2 is 0.975 bits per heavy atom. The van der Waals surface area contributed by atoms with Crippen LogP contribution in [0.25, 0.3) is 0 Å². The number of methoxy groups -OCH3 is 2. The third-order valence-electron chi connectivity index (χ3n) is 6.75. The van der Waals surface area contributed by atoms with Crippen molar-refractivity contribution in [3.05, 3.63) is 58.7 Å². The molecule has 0 fully saturated rings. The normalized spacial score (nSPS) is 10.7. The molecule has 0 aromatic heterocycles. The molecule has 7 heteroatoms. The maximum Gasteiger partial charge on any atom is 0.337 e. The zero-order valence-electron chi connectivity index (χ0n) is 24.7. The van der Waals surface area contributed by atoms with Gasteiger partial charge >= 0.3 is 11.9 Å². The monoisotopic (exact) mass is 554 g/mol. The quantitative estimate of drug-likeness (QED) is 0.0931. The fraction of sp³-hybridized carbons (Fsp3) is 0.545. The number of ether oxygens (including phenoxy) is 4. The lowest BCUT2D eigenvalue weighted by atomic mass is 9.98. The summed E-state index contributed by atoms with van der Waals surface area (Å²) in [6, 6.07) is 9.30. The molecule has 220 valence electrons. The van der Waals surface area contributed by atoms with Gasteiger partial charge in [0, 0.05) is 11.1 Å². The molecular formula is C33H46O7. The van der Waals surface area contributed by atoms with Crippen LogP contribution in [0.1, 0.15) is 128 Å². The zero-order chi connectivity index (χ0) is 29.2. The van der Waals surface area contributed by atoms with E-state index in [1.807, 2.05) is 0 Å². The highest BCUT2D eigenvalue weighted by atomic mass is 16.5. The van der Waals surface area contributed by atoms with Gasteiger partial charge in [-0.05, 0) is 49.2 Å². The molecule has 0 saturated carbocycles. The van der Waals surface area contributed by atoms with Crippen LogP contribution in [-0.4, -0.2) is 45.2 Å². The number of carbonyl (C=O) groups is 3. The fourth-order valence-electron chi connectivity index (χ4n) is 4.41. The molecule has 40 heavy (non-hydrogen) atoms. The molecule has 0 atom stereocenters. The number of unbranched alkanes of at least 4 members (excludes halogenated alkanes) is 10. The van der Waals surface area contributed by atoms with E-state index in [2.05, 4.69) is 13.8 Å². The van der Waals surface area contributed by atoms with Crippen LogP contribution in [0.5, 0.6) is 11.5 Å². The molecule has 0 aliphatic rings. The second-order valence-corrected chi connectivity index (χ2v) is 10.0. The Bertz CT molecular complexity index is 1040. The Morgan fingerprint density at radius 3 is 1.48 bits per heavy atom. The van der Waals surface area contributed by atoms with E-state index in [0.717, 1.165) is 25.7 Å². The second kappa shape index (κ2) is 18.9. The number of hydrogen-bond acceptors (Lipinski definition) is 7. The summed E-state index contributed by atoms with van der Waals surface area (Å²) in [4.78, 5) is 37.9. The minimum absolute atomic E-state index is 0.0900. The van der Waals surface area contributed by atoms with Gasteiger partial charge in [-0.1, -0.05) is 78.1 Å². The largest absolute Gasteiger partial charge is 0.490 e. The molecule has 2 aromatic rings. The molecule has 0 aliphatic heterocycles. The predicted molar refractivity (Wildman–Crippen MR) is 157 cm³/mol. The summed E-state index contributed by atoms with van der Waals surface area (Å²) in [7, 11) is 2.48. The summed E-state index contributed by atoms with van der Waals surface area (Å²) in [6.45, 7) is 5.52. The molecule has 0 bridgehead atoms. The minimum atomic E-state index is -0.652. The van der Waals surface area contributed by atoms with Gasteiger partial charge in [-0.2, -0.15) is 0 Å². The van der Waals surface area contributed by atoms with Crippen LogP contribution in [0.3, 0.4) is 0 Å². The third-order valence-corrected chi connectivity index (χ3v) is 6.75. The van der Waals surface area contributed by atoms with Crippen LogP contribution in [0.15, 0.2) is 36.4 Å². The van der Waals surface area contributed by atoms with Gasteiger partial charge in [-0.25, -0.2) is 9.59 Å². The number of carbonyl (C=O) groups excluding carboxylic acids is 3. The third kappa shape index (κ3) is 11.0. The Labute approximate surface area is 239 Å². The van der Waals surface area contributed by atoms with Crippen LogP contribution in [-0.2, 0) is 9.47 Å². The van der Waals surface area contributed by atoms with Gasteiger partial charge < -0.3 is 18.9 Å². The zero-order valence-corrected chi connectivity index (χ0v) is 24.7. The summed E-state index contributed by atoms with van der Waals surface area (Å²) < 4.78 is 21.8. The number of hydrogen-bond donors (Lipinski definition) is 0. The van der Waals surface area contributed by atoms with Crippen molar-refractivity contribution in [2.24, 2.45) is 0 Å². The first-order valence-electron chi connectivity index (χ1n) is 14.7. The first-order chi connectivity index (χ1) is 19.4. The van der Waals surface area contributed by atoms with Crippen molar-refractivity contribution in [3.8, 4) is 11.5 Å². The van der Waals surface area contributed by atoms with Gasteiger partial charge in [0.25, 0.3) is 0 Å². The Kier molecular flexibility index (Phi) is 15.5. The van der Waals surface area contributed by atoms with Gasteiger partial charge in [0.2, 0.25) is 0 Å². The summed E-state index contributed by atoms with van der Waals surface area (Å²) in [6.07, 6.45) is 13.9. The maximum absolute atomic E-state index is 13.5. The van der Waals surface area contributed by atoms with E-state index in [4.69, 9.17) is 18.9 Å². The molecule has 7 nitrogen and oxygen atoms in total. The molecule has 0 saturated heterocycles. The lowest BCUT2D eigenvalue weighted by Crippen LogP contribution is -2.11. The highest BCUT2D eigenvalue weighted by Crippen LogP contribution is 2.30. The predicted octanol–water partition coefficient (Wildman–Crippen LogP) is 7.97. The molecule has 2 rings (SSSR count). The molecule has 0 amide bonds. The van der Waals surface area contributed by atoms with Crippen LogP contribution in [0.4, 0.5) is 0 Å². The van der Waals surface area contributed by atoms with Crippen molar-refractivity contribution in [1.29, 1.82) is 0 Å².